The summed E-state index contributed by atoms with van der Waals surface area (Å²) in [5, 5.41) is 4.23. The van der Waals surface area contributed by atoms with Gasteiger partial charge in [0, 0.05) is 18.9 Å². The minimum absolute atomic E-state index is 0.0155. The van der Waals surface area contributed by atoms with E-state index in [1.165, 1.54) is 11.1 Å². The first-order valence-corrected chi connectivity index (χ1v) is 7.90. The molecule has 4 rings (SSSR count). The number of hydrogen-bond acceptors (Lipinski definition) is 3. The Morgan fingerprint density at radius 2 is 2.09 bits per heavy atom. The fourth-order valence-electron chi connectivity index (χ4n) is 3.28. The number of fused-ring (bicyclic) bond motifs is 1. The molecule has 2 aromatic heterocycles. The van der Waals surface area contributed by atoms with Gasteiger partial charge in [0.15, 0.2) is 5.65 Å². The summed E-state index contributed by atoms with van der Waals surface area (Å²) < 4.78 is 1.64. The average molecular weight is 306 g/mol. The third-order valence-corrected chi connectivity index (χ3v) is 4.49. The number of aromatic nitrogens is 3. The predicted molar refractivity (Wildman–Crippen MR) is 87.2 cm³/mol. The number of nitrogens with zero attached hydrogens (tertiary/aromatic N) is 4. The van der Waals surface area contributed by atoms with Crippen LogP contribution in [0.2, 0.25) is 0 Å². The summed E-state index contributed by atoms with van der Waals surface area (Å²) in [6.07, 6.45) is 7.14. The van der Waals surface area contributed by atoms with Crippen molar-refractivity contribution in [3.63, 3.8) is 0 Å². The van der Waals surface area contributed by atoms with E-state index < -0.39 is 0 Å². The maximum Gasteiger partial charge on any atom is 0.259 e. The Bertz CT molecular complexity index is 853. The van der Waals surface area contributed by atoms with Gasteiger partial charge in [0.2, 0.25) is 0 Å². The molecular weight excluding hydrogens is 288 g/mol. The second kappa shape index (κ2) is 5.50. The van der Waals surface area contributed by atoms with Gasteiger partial charge in [-0.25, -0.2) is 9.50 Å². The Balaban J connectivity index is 1.68. The molecule has 1 aliphatic rings. The summed E-state index contributed by atoms with van der Waals surface area (Å²) in [5.74, 6) is 0.0155. The topological polar surface area (TPSA) is 50.5 Å². The van der Waals surface area contributed by atoms with Gasteiger partial charge in [0.25, 0.3) is 5.91 Å². The monoisotopic (exact) mass is 306 g/mol. The summed E-state index contributed by atoms with van der Waals surface area (Å²) in [6.45, 7) is 2.85. The van der Waals surface area contributed by atoms with Gasteiger partial charge in [0.1, 0.15) is 5.56 Å². The van der Waals surface area contributed by atoms with Crippen LogP contribution in [-0.4, -0.2) is 31.9 Å². The fourth-order valence-corrected chi connectivity index (χ4v) is 3.28. The number of amides is 1. The van der Waals surface area contributed by atoms with E-state index >= 15 is 0 Å². The van der Waals surface area contributed by atoms with Gasteiger partial charge in [0.05, 0.1) is 12.2 Å². The van der Waals surface area contributed by atoms with Gasteiger partial charge in [-0.15, -0.1) is 0 Å². The molecule has 0 aliphatic carbocycles. The molecule has 116 valence electrons. The molecule has 3 aromatic rings. The van der Waals surface area contributed by atoms with Crippen LogP contribution in [-0.2, 0) is 0 Å². The first-order valence-electron chi connectivity index (χ1n) is 7.90. The summed E-state index contributed by atoms with van der Waals surface area (Å²) in [7, 11) is 0. The summed E-state index contributed by atoms with van der Waals surface area (Å²) >= 11 is 0. The highest BCUT2D eigenvalue weighted by molar-refractivity contribution is 6.00. The summed E-state index contributed by atoms with van der Waals surface area (Å²) in [5.41, 5.74) is 3.62. The molecule has 1 amide bonds. The van der Waals surface area contributed by atoms with Crippen molar-refractivity contribution in [2.24, 2.45) is 0 Å². The van der Waals surface area contributed by atoms with Gasteiger partial charge in [-0.2, -0.15) is 5.10 Å². The van der Waals surface area contributed by atoms with E-state index in [2.05, 4.69) is 41.3 Å². The van der Waals surface area contributed by atoms with Gasteiger partial charge in [-0.3, -0.25) is 4.79 Å². The van der Waals surface area contributed by atoms with Crippen molar-refractivity contribution in [3.05, 3.63) is 65.6 Å². The van der Waals surface area contributed by atoms with Crippen molar-refractivity contribution < 1.29 is 4.79 Å². The molecule has 0 saturated carbocycles. The third kappa shape index (κ3) is 2.38. The number of carbonyl (C=O) groups excluding carboxylic acids is 1. The lowest BCUT2D eigenvalue weighted by Gasteiger charge is -2.24. The van der Waals surface area contributed by atoms with Crippen molar-refractivity contribution in [3.8, 4) is 0 Å². The van der Waals surface area contributed by atoms with Crippen LogP contribution < -0.4 is 0 Å². The number of rotatable bonds is 2. The van der Waals surface area contributed by atoms with E-state index in [1.54, 1.807) is 29.2 Å². The molecule has 3 heterocycles. The van der Waals surface area contributed by atoms with Crippen LogP contribution >= 0.6 is 0 Å². The molecule has 5 heteroatoms. The van der Waals surface area contributed by atoms with E-state index in [4.69, 9.17) is 0 Å². The highest BCUT2D eigenvalue weighted by Crippen LogP contribution is 2.33. The minimum Gasteiger partial charge on any atom is -0.331 e. The smallest absolute Gasteiger partial charge is 0.259 e. The number of benzene rings is 1. The molecule has 1 saturated heterocycles. The zero-order valence-electron chi connectivity index (χ0n) is 13.0. The van der Waals surface area contributed by atoms with E-state index in [1.807, 2.05) is 4.90 Å². The number of aryl methyl sites for hydroxylation is 1. The average Bonchev–Trinajstić information content (AvgIpc) is 3.22. The van der Waals surface area contributed by atoms with Crippen LogP contribution in [0.4, 0.5) is 0 Å². The first kappa shape index (κ1) is 13.9. The van der Waals surface area contributed by atoms with Crippen LogP contribution in [0.5, 0.6) is 0 Å². The Kier molecular flexibility index (Phi) is 3.33. The molecule has 0 bridgehead atoms. The van der Waals surface area contributed by atoms with Crippen LogP contribution in [0.25, 0.3) is 5.65 Å². The summed E-state index contributed by atoms with van der Waals surface area (Å²) in [6, 6.07) is 10.4. The standard InChI is InChI=1S/C18H18N4O/c1-13-5-7-14(8-6-13)16-4-2-10-21(16)18(23)15-12-20-22-11-3-9-19-17(15)22/h3,5-9,11-12,16H,2,4,10H2,1H3/t16-/m1/s1. The molecule has 0 N–H and O–H groups in total. The lowest BCUT2D eigenvalue weighted by molar-refractivity contribution is 0.0737. The molecule has 5 nitrogen and oxygen atoms in total. The third-order valence-electron chi connectivity index (χ3n) is 4.49. The van der Waals surface area contributed by atoms with Crippen LogP contribution in [0.15, 0.2) is 48.9 Å². The zero-order valence-corrected chi connectivity index (χ0v) is 13.0. The van der Waals surface area contributed by atoms with Gasteiger partial charge < -0.3 is 4.90 Å². The van der Waals surface area contributed by atoms with Crippen LogP contribution in [0.1, 0.15) is 40.4 Å². The van der Waals surface area contributed by atoms with Crippen LogP contribution in [0, 0.1) is 6.92 Å². The van der Waals surface area contributed by atoms with Crippen molar-refractivity contribution in [1.82, 2.24) is 19.5 Å². The van der Waals surface area contributed by atoms with Crippen molar-refractivity contribution in [2.45, 2.75) is 25.8 Å². The normalized spacial score (nSPS) is 17.8. The number of hydrogen-bond donors (Lipinski definition) is 0. The highest BCUT2D eigenvalue weighted by Gasteiger charge is 2.32. The van der Waals surface area contributed by atoms with E-state index in [0.717, 1.165) is 19.4 Å². The van der Waals surface area contributed by atoms with Crippen LogP contribution in [0.3, 0.4) is 0 Å². The van der Waals surface area contributed by atoms with Gasteiger partial charge in [-0.05, 0) is 31.4 Å². The second-order valence-corrected chi connectivity index (χ2v) is 6.01. The molecule has 0 radical (unpaired) electrons. The van der Waals surface area contributed by atoms with E-state index in [9.17, 15) is 4.79 Å². The van der Waals surface area contributed by atoms with Gasteiger partial charge in [-0.1, -0.05) is 29.8 Å². The Hall–Kier alpha value is -2.69. The second-order valence-electron chi connectivity index (χ2n) is 6.01. The highest BCUT2D eigenvalue weighted by atomic mass is 16.2. The van der Waals surface area contributed by atoms with E-state index in [-0.39, 0.29) is 11.9 Å². The number of carbonyl (C=O) groups is 1. The maximum atomic E-state index is 13.0. The SMILES string of the molecule is Cc1ccc([C@H]2CCCN2C(=O)c2cnn3cccnc23)cc1. The van der Waals surface area contributed by atoms with Crippen molar-refractivity contribution in [1.29, 1.82) is 0 Å². The Morgan fingerprint density at radius 1 is 1.26 bits per heavy atom. The molecular formula is C18H18N4O. The predicted octanol–water partition coefficient (Wildman–Crippen LogP) is 3.02. The first-order chi connectivity index (χ1) is 11.2. The maximum absolute atomic E-state index is 13.0. The molecule has 1 atom stereocenters. The Morgan fingerprint density at radius 3 is 2.91 bits per heavy atom. The minimum atomic E-state index is 0.0155. The summed E-state index contributed by atoms with van der Waals surface area (Å²) in [4.78, 5) is 19.3. The van der Waals surface area contributed by atoms with E-state index in [0.29, 0.717) is 11.2 Å². The molecule has 1 aliphatic heterocycles. The quantitative estimate of drug-likeness (QED) is 0.731. The largest absolute Gasteiger partial charge is 0.331 e. The zero-order chi connectivity index (χ0) is 15.8. The number of likely N-dealkylation sites (tertiary alicyclic amines) is 1. The molecule has 23 heavy (non-hydrogen) atoms. The lowest BCUT2D eigenvalue weighted by atomic mass is 10.0. The van der Waals surface area contributed by atoms with Crippen molar-refractivity contribution >= 4 is 11.6 Å². The lowest BCUT2D eigenvalue weighted by Crippen LogP contribution is -2.30. The molecule has 1 fully saturated rings. The Labute approximate surface area is 134 Å². The fraction of sp³-hybridized carbons (Fsp3) is 0.278. The molecule has 1 aromatic carbocycles. The molecule has 0 spiro atoms. The van der Waals surface area contributed by atoms with Gasteiger partial charge >= 0.3 is 0 Å². The van der Waals surface area contributed by atoms with Crippen molar-refractivity contribution in [2.75, 3.05) is 6.54 Å². The molecule has 0 unspecified atom stereocenters.